The molecule has 0 fully saturated rings. The van der Waals surface area contributed by atoms with Gasteiger partial charge in [-0.1, -0.05) is 25.6 Å². The molecule has 7 nitrogen and oxygen atoms in total. The minimum Gasteiger partial charge on any atom is -0.383 e. The highest BCUT2D eigenvalue weighted by atomic mass is 32.2. The summed E-state index contributed by atoms with van der Waals surface area (Å²) in [6, 6.07) is 0. The van der Waals surface area contributed by atoms with Crippen molar-refractivity contribution in [3.05, 3.63) is 20.8 Å². The average molecular weight is 312 g/mol. The van der Waals surface area contributed by atoms with Crippen LogP contribution in [-0.4, -0.2) is 38.6 Å². The van der Waals surface area contributed by atoms with Crippen molar-refractivity contribution in [2.45, 2.75) is 25.5 Å². The minimum absolute atomic E-state index is 0.408. The van der Waals surface area contributed by atoms with Gasteiger partial charge in [-0.05, 0) is 5.92 Å². The third kappa shape index (κ3) is 3.21. The summed E-state index contributed by atoms with van der Waals surface area (Å²) < 4.78 is 8.28. The fourth-order valence-corrected chi connectivity index (χ4v) is 2.93. The number of ether oxygens (including phenoxy) is 1. The van der Waals surface area contributed by atoms with E-state index in [-0.39, 0.29) is 0 Å². The first-order valence-corrected chi connectivity index (χ1v) is 7.75. The summed E-state index contributed by atoms with van der Waals surface area (Å²) in [7, 11) is 3.21. The Morgan fingerprint density at radius 2 is 2.10 bits per heavy atom. The Hall–Kier alpha value is -1.54. The van der Waals surface area contributed by atoms with E-state index in [0.717, 1.165) is 10.9 Å². The van der Waals surface area contributed by atoms with Gasteiger partial charge in [0.25, 0.3) is 5.56 Å². The molecule has 0 aromatic carbocycles. The van der Waals surface area contributed by atoms with E-state index in [1.807, 2.05) is 4.57 Å². The topological polar surface area (TPSA) is 81.9 Å². The molecule has 0 atom stereocenters. The molecule has 0 aliphatic rings. The van der Waals surface area contributed by atoms with Crippen molar-refractivity contribution < 1.29 is 4.74 Å². The van der Waals surface area contributed by atoms with Gasteiger partial charge in [-0.3, -0.25) is 14.3 Å². The molecule has 21 heavy (non-hydrogen) atoms. The Balaban J connectivity index is 2.61. The fraction of sp³-hybridized carbons (Fsp3) is 0.615. The molecule has 8 heteroatoms. The van der Waals surface area contributed by atoms with Crippen molar-refractivity contribution in [2.24, 2.45) is 13.0 Å². The smallest absolute Gasteiger partial charge is 0.329 e. The number of nitrogens with one attached hydrogen (secondary N) is 1. The zero-order valence-electron chi connectivity index (χ0n) is 12.7. The van der Waals surface area contributed by atoms with Crippen LogP contribution in [-0.2, 0) is 18.3 Å². The molecule has 0 amide bonds. The summed E-state index contributed by atoms with van der Waals surface area (Å²) in [6.45, 7) is 5.24. The Morgan fingerprint density at radius 1 is 1.38 bits per heavy atom. The van der Waals surface area contributed by atoms with Gasteiger partial charge in [-0.25, -0.2) is 9.78 Å². The van der Waals surface area contributed by atoms with Crippen LogP contribution < -0.4 is 11.2 Å². The maximum Gasteiger partial charge on any atom is 0.329 e. The lowest BCUT2D eigenvalue weighted by Crippen LogP contribution is -2.29. The first-order valence-electron chi connectivity index (χ1n) is 6.77. The second kappa shape index (κ2) is 6.48. The van der Waals surface area contributed by atoms with E-state index in [1.165, 1.54) is 4.57 Å². The lowest BCUT2D eigenvalue weighted by Gasteiger charge is -2.08. The van der Waals surface area contributed by atoms with Gasteiger partial charge < -0.3 is 9.30 Å². The van der Waals surface area contributed by atoms with Crippen LogP contribution in [0, 0.1) is 5.92 Å². The van der Waals surface area contributed by atoms with Crippen LogP contribution in [0.25, 0.3) is 11.2 Å². The monoisotopic (exact) mass is 312 g/mol. The lowest BCUT2D eigenvalue weighted by molar-refractivity contribution is 0.186. The van der Waals surface area contributed by atoms with Crippen LogP contribution >= 0.6 is 11.8 Å². The summed E-state index contributed by atoms with van der Waals surface area (Å²) in [5.41, 5.74) is -0.0380. The third-order valence-corrected chi connectivity index (χ3v) is 4.44. The van der Waals surface area contributed by atoms with Crippen molar-refractivity contribution in [3.63, 3.8) is 0 Å². The molecule has 0 saturated carbocycles. The van der Waals surface area contributed by atoms with Crippen molar-refractivity contribution >= 4 is 22.9 Å². The Labute approximate surface area is 126 Å². The van der Waals surface area contributed by atoms with Gasteiger partial charge in [-0.15, -0.1) is 0 Å². The lowest BCUT2D eigenvalue weighted by atomic mass is 10.3. The van der Waals surface area contributed by atoms with Gasteiger partial charge in [0, 0.05) is 26.5 Å². The zero-order chi connectivity index (χ0) is 15.6. The van der Waals surface area contributed by atoms with Crippen LogP contribution in [0.15, 0.2) is 14.7 Å². The highest BCUT2D eigenvalue weighted by Gasteiger charge is 2.17. The molecule has 2 aromatic rings. The van der Waals surface area contributed by atoms with Gasteiger partial charge in [0.1, 0.15) is 0 Å². The van der Waals surface area contributed by atoms with Crippen molar-refractivity contribution in [1.29, 1.82) is 0 Å². The molecular formula is C13H20N4O3S. The second-order valence-corrected chi connectivity index (χ2v) is 6.22. The largest absolute Gasteiger partial charge is 0.383 e. The van der Waals surface area contributed by atoms with E-state index in [0.29, 0.717) is 30.2 Å². The maximum atomic E-state index is 12.1. The van der Waals surface area contributed by atoms with E-state index in [2.05, 4.69) is 23.8 Å². The summed E-state index contributed by atoms with van der Waals surface area (Å²) in [6.07, 6.45) is 0. The Morgan fingerprint density at radius 3 is 2.71 bits per heavy atom. The predicted octanol–water partition coefficient (Wildman–Crippen LogP) is 0.818. The number of imidazole rings is 1. The van der Waals surface area contributed by atoms with E-state index in [1.54, 1.807) is 25.9 Å². The van der Waals surface area contributed by atoms with Gasteiger partial charge >= 0.3 is 5.69 Å². The van der Waals surface area contributed by atoms with E-state index < -0.39 is 11.2 Å². The average Bonchev–Trinajstić information content (AvgIpc) is 2.79. The molecule has 0 saturated heterocycles. The number of aromatic nitrogens is 4. The highest BCUT2D eigenvalue weighted by molar-refractivity contribution is 7.99. The number of nitrogens with zero attached hydrogens (tertiary/aromatic N) is 3. The Kier molecular flexibility index (Phi) is 4.89. The number of hydrogen-bond acceptors (Lipinski definition) is 5. The molecule has 0 bridgehead atoms. The van der Waals surface area contributed by atoms with Crippen LogP contribution in [0.1, 0.15) is 13.8 Å². The zero-order valence-corrected chi connectivity index (χ0v) is 13.5. The fourth-order valence-electron chi connectivity index (χ4n) is 1.96. The van der Waals surface area contributed by atoms with Crippen LogP contribution in [0.5, 0.6) is 0 Å². The van der Waals surface area contributed by atoms with Gasteiger partial charge in [0.05, 0.1) is 6.61 Å². The molecule has 1 N–H and O–H groups in total. The van der Waals surface area contributed by atoms with E-state index in [9.17, 15) is 9.59 Å². The molecule has 2 rings (SSSR count). The number of hydrogen-bond donors (Lipinski definition) is 1. The van der Waals surface area contributed by atoms with Gasteiger partial charge in [0.2, 0.25) is 0 Å². The third-order valence-electron chi connectivity index (χ3n) is 3.04. The van der Waals surface area contributed by atoms with Gasteiger partial charge in [-0.2, -0.15) is 0 Å². The van der Waals surface area contributed by atoms with Crippen LogP contribution in [0.2, 0.25) is 0 Å². The van der Waals surface area contributed by atoms with Crippen molar-refractivity contribution in [2.75, 3.05) is 19.5 Å². The number of rotatable bonds is 6. The van der Waals surface area contributed by atoms with Crippen molar-refractivity contribution in [3.8, 4) is 0 Å². The number of thioether (sulfide) groups is 1. The van der Waals surface area contributed by atoms with Gasteiger partial charge in [0.15, 0.2) is 16.3 Å². The first-order chi connectivity index (χ1) is 9.95. The maximum absolute atomic E-state index is 12.1. The second-order valence-electron chi connectivity index (χ2n) is 5.23. The molecule has 116 valence electrons. The SMILES string of the molecule is COCCn1c(SCC(C)C)nc2c1c(=O)[nH]c(=O)n2C. The molecule has 0 aliphatic carbocycles. The molecule has 0 spiro atoms. The number of aromatic amines is 1. The van der Waals surface area contributed by atoms with Crippen LogP contribution in [0.4, 0.5) is 0 Å². The number of aryl methyl sites for hydroxylation is 1. The quantitative estimate of drug-likeness (QED) is 0.799. The molecular weight excluding hydrogens is 292 g/mol. The van der Waals surface area contributed by atoms with Crippen molar-refractivity contribution in [1.82, 2.24) is 19.1 Å². The summed E-state index contributed by atoms with van der Waals surface area (Å²) in [5, 5.41) is 0.738. The molecule has 2 aromatic heterocycles. The Bertz CT molecular complexity index is 744. The van der Waals surface area contributed by atoms with Crippen LogP contribution in [0.3, 0.4) is 0 Å². The van der Waals surface area contributed by atoms with E-state index in [4.69, 9.17) is 4.74 Å². The summed E-state index contributed by atoms with van der Waals surface area (Å²) >= 11 is 1.58. The standard InChI is InChI=1S/C13H20N4O3S/c1-8(2)7-21-13-14-10-9(17(13)5-6-20-4)11(18)15-12(19)16(10)3/h8H,5-7H2,1-4H3,(H,15,18,19). The minimum atomic E-state index is -0.454. The molecule has 2 heterocycles. The number of fused-ring (bicyclic) bond motifs is 1. The number of methoxy groups -OCH3 is 1. The molecule has 0 unspecified atom stereocenters. The molecule has 0 radical (unpaired) electrons. The van der Waals surface area contributed by atoms with E-state index >= 15 is 0 Å². The summed E-state index contributed by atoms with van der Waals surface area (Å²) in [4.78, 5) is 30.6. The predicted molar refractivity (Wildman–Crippen MR) is 83.0 cm³/mol. The molecule has 0 aliphatic heterocycles. The first kappa shape index (κ1) is 15.8. The normalized spacial score (nSPS) is 11.7. The number of H-pyrrole nitrogens is 1. The highest BCUT2D eigenvalue weighted by Crippen LogP contribution is 2.23. The summed E-state index contributed by atoms with van der Waals surface area (Å²) in [5.74, 6) is 1.40.